The Morgan fingerprint density at radius 1 is 0.640 bits per heavy atom. The largest absolute Gasteiger partial charge is 0.480 e. The number of carbonyl (C=O) groups excluding carboxylic acids is 1. The minimum Gasteiger partial charge on any atom is -0.480 e. The number of esters is 1. The number of hydrogen-bond donors (Lipinski definition) is 3. The molecule has 0 rings (SSSR count). The number of phosphoric acid groups is 1. The monoisotopic (exact) mass is 732 g/mol. The van der Waals surface area contributed by atoms with Gasteiger partial charge in [-0.1, -0.05) is 147 Å². The Morgan fingerprint density at radius 3 is 1.64 bits per heavy atom. The number of unbranched alkanes of at least 4 members (excludes halogenated alkanes) is 20. The molecule has 50 heavy (non-hydrogen) atoms. The zero-order valence-corrected chi connectivity index (χ0v) is 32.6. The van der Waals surface area contributed by atoms with Crippen molar-refractivity contribution in [2.45, 2.75) is 187 Å². The van der Waals surface area contributed by atoms with Crippen molar-refractivity contribution in [1.82, 2.24) is 0 Å². The van der Waals surface area contributed by atoms with E-state index in [4.69, 9.17) is 29.4 Å². The first-order chi connectivity index (χ1) is 24.2. The van der Waals surface area contributed by atoms with Crippen molar-refractivity contribution in [1.29, 1.82) is 0 Å². The van der Waals surface area contributed by atoms with Crippen LogP contribution in [0.1, 0.15) is 174 Å². The third-order valence-corrected chi connectivity index (χ3v) is 9.43. The fraction of sp³-hybridized carbons (Fsp3) is 0.846. The second-order valence-corrected chi connectivity index (χ2v) is 14.9. The number of carboxylic acids is 1. The molecule has 0 heterocycles. The van der Waals surface area contributed by atoms with Crippen LogP contribution in [0.5, 0.6) is 0 Å². The van der Waals surface area contributed by atoms with Crippen LogP contribution in [-0.4, -0.2) is 60.5 Å². The zero-order valence-electron chi connectivity index (χ0n) is 31.7. The number of allylic oxidation sites excluding steroid dienone is 4. The topological polar surface area (TPSA) is 155 Å². The van der Waals surface area contributed by atoms with Gasteiger partial charge in [-0.2, -0.15) is 0 Å². The summed E-state index contributed by atoms with van der Waals surface area (Å²) in [4.78, 5) is 33.4. The van der Waals surface area contributed by atoms with Crippen molar-refractivity contribution in [3.05, 3.63) is 24.3 Å². The standard InChI is InChI=1S/C39H74NO9P/c1-3-5-7-9-11-13-15-17-18-19-20-21-23-25-27-29-31-38(41)49-36(34-47-50(44,45)48-35-37(40)39(42)43)33-46-32-30-28-26-24-22-16-14-12-10-8-6-4-2/h13,15,18-19,36-37H,3-12,14,16-17,20-35,40H2,1-2H3,(H,42,43)(H,44,45)/b15-13-,19-18-. The van der Waals surface area contributed by atoms with Crippen molar-refractivity contribution >= 4 is 19.8 Å². The summed E-state index contributed by atoms with van der Waals surface area (Å²) in [6, 6.07) is -1.47. The summed E-state index contributed by atoms with van der Waals surface area (Å²) in [5.74, 6) is -1.79. The maximum Gasteiger partial charge on any atom is 0.472 e. The molecular weight excluding hydrogens is 657 g/mol. The molecule has 0 aromatic rings. The Bertz CT molecular complexity index is 899. The maximum absolute atomic E-state index is 12.6. The molecular formula is C39H74NO9P. The van der Waals surface area contributed by atoms with Gasteiger partial charge in [-0.15, -0.1) is 0 Å². The van der Waals surface area contributed by atoms with E-state index in [2.05, 4.69) is 38.2 Å². The highest BCUT2D eigenvalue weighted by Gasteiger charge is 2.27. The molecule has 0 aliphatic heterocycles. The fourth-order valence-corrected chi connectivity index (χ4v) is 6.12. The summed E-state index contributed by atoms with van der Waals surface area (Å²) in [5.41, 5.74) is 5.34. The fourth-order valence-electron chi connectivity index (χ4n) is 5.34. The molecule has 3 unspecified atom stereocenters. The van der Waals surface area contributed by atoms with Gasteiger partial charge in [0.1, 0.15) is 12.1 Å². The van der Waals surface area contributed by atoms with E-state index in [1.54, 1.807) is 0 Å². The predicted octanol–water partition coefficient (Wildman–Crippen LogP) is 10.4. The van der Waals surface area contributed by atoms with Crippen LogP contribution < -0.4 is 5.73 Å². The number of nitrogens with two attached hydrogens (primary N) is 1. The third kappa shape index (κ3) is 34.9. The highest BCUT2D eigenvalue weighted by molar-refractivity contribution is 7.47. The Kier molecular flexibility index (Phi) is 34.7. The van der Waals surface area contributed by atoms with Gasteiger partial charge in [0, 0.05) is 13.0 Å². The molecule has 0 saturated carbocycles. The number of aliphatic carboxylic acids is 1. The average Bonchev–Trinajstić information content (AvgIpc) is 3.09. The SMILES string of the molecule is CCCCCC/C=C\C/C=C\CCCCCCCC(=O)OC(COCCCCCCCCCCCCCC)COP(=O)(O)OCC(N)C(=O)O. The number of carboxylic acid groups (broad SMARTS) is 1. The number of phosphoric ester groups is 1. The molecule has 0 aromatic carbocycles. The van der Waals surface area contributed by atoms with Gasteiger partial charge in [-0.3, -0.25) is 18.6 Å². The molecule has 294 valence electrons. The lowest BCUT2D eigenvalue weighted by atomic mass is 10.1. The van der Waals surface area contributed by atoms with Crippen LogP contribution in [0.25, 0.3) is 0 Å². The van der Waals surface area contributed by atoms with E-state index in [0.717, 1.165) is 57.8 Å². The van der Waals surface area contributed by atoms with Gasteiger partial charge < -0.3 is 25.2 Å². The lowest BCUT2D eigenvalue weighted by Crippen LogP contribution is -2.34. The molecule has 0 aliphatic carbocycles. The molecule has 4 N–H and O–H groups in total. The van der Waals surface area contributed by atoms with E-state index in [1.807, 2.05) is 0 Å². The zero-order chi connectivity index (χ0) is 37.0. The van der Waals surface area contributed by atoms with Crippen molar-refractivity contribution in [3.63, 3.8) is 0 Å². The van der Waals surface area contributed by atoms with Crippen LogP contribution in [0.2, 0.25) is 0 Å². The van der Waals surface area contributed by atoms with Crippen molar-refractivity contribution in [2.24, 2.45) is 5.73 Å². The summed E-state index contributed by atoms with van der Waals surface area (Å²) in [7, 11) is -4.61. The van der Waals surface area contributed by atoms with Crippen LogP contribution in [0.4, 0.5) is 0 Å². The van der Waals surface area contributed by atoms with Gasteiger partial charge in [-0.25, -0.2) is 4.57 Å². The number of carbonyl (C=O) groups is 2. The predicted molar refractivity (Wildman–Crippen MR) is 203 cm³/mol. The molecule has 3 atom stereocenters. The van der Waals surface area contributed by atoms with Crippen molar-refractivity contribution in [2.75, 3.05) is 26.4 Å². The van der Waals surface area contributed by atoms with Gasteiger partial charge in [-0.05, 0) is 44.9 Å². The quantitative estimate of drug-likeness (QED) is 0.0242. The summed E-state index contributed by atoms with van der Waals surface area (Å²) in [6.07, 6.45) is 36.5. The highest BCUT2D eigenvalue weighted by atomic mass is 31.2. The van der Waals surface area contributed by atoms with E-state index in [1.165, 1.54) is 89.9 Å². The Labute approximate surface area is 304 Å². The van der Waals surface area contributed by atoms with Gasteiger partial charge in [0.25, 0.3) is 0 Å². The lowest BCUT2D eigenvalue weighted by molar-refractivity contribution is -0.154. The second kappa shape index (κ2) is 35.8. The normalized spacial score (nSPS) is 14.3. The lowest BCUT2D eigenvalue weighted by Gasteiger charge is -2.20. The van der Waals surface area contributed by atoms with E-state index < -0.39 is 45.1 Å². The number of hydrogen-bond acceptors (Lipinski definition) is 8. The molecule has 0 amide bonds. The molecule has 0 spiro atoms. The Hall–Kier alpha value is -1.55. The molecule has 11 heteroatoms. The first-order valence-electron chi connectivity index (χ1n) is 19.9. The van der Waals surface area contributed by atoms with Gasteiger partial charge in [0.15, 0.2) is 0 Å². The summed E-state index contributed by atoms with van der Waals surface area (Å²) in [6.45, 7) is 3.84. The molecule has 0 radical (unpaired) electrons. The third-order valence-electron chi connectivity index (χ3n) is 8.48. The Morgan fingerprint density at radius 2 is 1.10 bits per heavy atom. The number of rotatable bonds is 38. The second-order valence-electron chi connectivity index (χ2n) is 13.4. The molecule has 0 fully saturated rings. The minimum absolute atomic E-state index is 0.0146. The first-order valence-corrected chi connectivity index (χ1v) is 21.4. The van der Waals surface area contributed by atoms with Crippen LogP contribution in [0.15, 0.2) is 24.3 Å². The van der Waals surface area contributed by atoms with Crippen molar-refractivity contribution in [3.8, 4) is 0 Å². The number of ether oxygens (including phenoxy) is 2. The van der Waals surface area contributed by atoms with E-state index in [-0.39, 0.29) is 13.0 Å². The first kappa shape index (κ1) is 48.5. The van der Waals surface area contributed by atoms with E-state index >= 15 is 0 Å². The van der Waals surface area contributed by atoms with Gasteiger partial charge in [0.2, 0.25) is 0 Å². The van der Waals surface area contributed by atoms with Crippen LogP contribution in [0.3, 0.4) is 0 Å². The van der Waals surface area contributed by atoms with Gasteiger partial charge >= 0.3 is 19.8 Å². The average molecular weight is 732 g/mol. The van der Waals surface area contributed by atoms with E-state index in [9.17, 15) is 19.0 Å². The van der Waals surface area contributed by atoms with Crippen molar-refractivity contribution < 1.29 is 42.7 Å². The molecule has 0 bridgehead atoms. The summed E-state index contributed by atoms with van der Waals surface area (Å²) >= 11 is 0. The van der Waals surface area contributed by atoms with Crippen LogP contribution in [-0.2, 0) is 32.7 Å². The summed E-state index contributed by atoms with van der Waals surface area (Å²) < 4.78 is 33.2. The van der Waals surface area contributed by atoms with Crippen LogP contribution in [0, 0.1) is 0 Å². The van der Waals surface area contributed by atoms with Gasteiger partial charge in [0.05, 0.1) is 19.8 Å². The van der Waals surface area contributed by atoms with E-state index in [0.29, 0.717) is 13.0 Å². The molecule has 10 nitrogen and oxygen atoms in total. The highest BCUT2D eigenvalue weighted by Crippen LogP contribution is 2.43. The summed E-state index contributed by atoms with van der Waals surface area (Å²) in [5, 5.41) is 8.87. The minimum atomic E-state index is -4.61. The van der Waals surface area contributed by atoms with Crippen LogP contribution >= 0.6 is 7.82 Å². The smallest absolute Gasteiger partial charge is 0.472 e. The molecule has 0 saturated heterocycles. The molecule has 0 aromatic heterocycles. The maximum atomic E-state index is 12.6. The Balaban J connectivity index is 4.30. The molecule has 0 aliphatic rings.